The van der Waals surface area contributed by atoms with Crippen molar-refractivity contribution in [1.82, 2.24) is 24.0 Å². The highest BCUT2D eigenvalue weighted by atomic mass is 35.5. The minimum Gasteiger partial charge on any atom is -0.392 e. The van der Waals surface area contributed by atoms with Crippen molar-refractivity contribution >= 4 is 50.2 Å². The third-order valence-electron chi connectivity index (χ3n) is 7.35. The standard InChI is InChI=1S/C29H25ClF3N5O4S/c1-16-34-21-13-19(7-8-23(21)37(16)11-2-10-36-12-9-20(39)15-36)38-26(40)25-22(35-28(38)42-27(41)29(31,32)33)14-24(43-25)17-3-5-18(30)6-4-17/h3-8,13-14,20,39H,2,9-12,15H2,1H3/t20-/m0/s1. The maximum atomic E-state index is 13.8. The first-order valence-corrected chi connectivity index (χ1v) is 14.7. The average molecular weight is 632 g/mol. The summed E-state index contributed by atoms with van der Waals surface area (Å²) in [5.74, 6) is -1.77. The fraction of sp³-hybridized carbons (Fsp3) is 0.310. The Kier molecular flexibility index (Phi) is 7.75. The molecule has 1 saturated heterocycles. The van der Waals surface area contributed by atoms with Crippen LogP contribution in [0.1, 0.15) is 18.7 Å². The van der Waals surface area contributed by atoms with E-state index >= 15 is 0 Å². The number of likely N-dealkylation sites (tertiary alicyclic amines) is 1. The predicted octanol–water partition coefficient (Wildman–Crippen LogP) is 5.35. The molecule has 1 aliphatic rings. The summed E-state index contributed by atoms with van der Waals surface area (Å²) < 4.78 is 47.3. The zero-order chi connectivity index (χ0) is 30.5. The van der Waals surface area contributed by atoms with Gasteiger partial charge in [-0.15, -0.1) is 11.3 Å². The zero-order valence-corrected chi connectivity index (χ0v) is 24.3. The molecule has 14 heteroatoms. The van der Waals surface area contributed by atoms with Crippen LogP contribution in [-0.2, 0) is 11.3 Å². The van der Waals surface area contributed by atoms with E-state index in [1.165, 1.54) is 0 Å². The van der Waals surface area contributed by atoms with Crippen LogP contribution in [0.5, 0.6) is 6.01 Å². The number of fused-ring (bicyclic) bond motifs is 2. The van der Waals surface area contributed by atoms with E-state index in [2.05, 4.69) is 19.6 Å². The summed E-state index contributed by atoms with van der Waals surface area (Å²) in [6.07, 6.45) is -3.99. The maximum Gasteiger partial charge on any atom is 0.491 e. The van der Waals surface area contributed by atoms with E-state index < -0.39 is 23.7 Å². The van der Waals surface area contributed by atoms with E-state index in [-0.39, 0.29) is 22.0 Å². The van der Waals surface area contributed by atoms with E-state index in [1.54, 1.807) is 48.5 Å². The van der Waals surface area contributed by atoms with E-state index in [4.69, 9.17) is 11.6 Å². The molecule has 224 valence electrons. The molecular formula is C29H25ClF3N5O4S. The molecule has 4 heterocycles. The Labute approximate surface area is 251 Å². The molecule has 0 unspecified atom stereocenters. The Balaban J connectivity index is 1.39. The summed E-state index contributed by atoms with van der Waals surface area (Å²) in [4.78, 5) is 37.2. The van der Waals surface area contributed by atoms with Gasteiger partial charge in [0.1, 0.15) is 10.5 Å². The summed E-state index contributed by atoms with van der Waals surface area (Å²) >= 11 is 7.10. The van der Waals surface area contributed by atoms with Gasteiger partial charge in [0.2, 0.25) is 0 Å². The minimum absolute atomic E-state index is 0.0906. The molecule has 5 aromatic rings. The highest BCUT2D eigenvalue weighted by Gasteiger charge is 2.42. The molecule has 1 N–H and O–H groups in total. The van der Waals surface area contributed by atoms with Crippen LogP contribution in [0, 0.1) is 6.92 Å². The van der Waals surface area contributed by atoms with Crippen molar-refractivity contribution in [3.63, 3.8) is 0 Å². The quantitative estimate of drug-likeness (QED) is 0.242. The minimum atomic E-state index is -5.30. The molecule has 3 aromatic heterocycles. The Hall–Kier alpha value is -3.78. The molecule has 1 aliphatic heterocycles. The second kappa shape index (κ2) is 11.4. The fourth-order valence-corrected chi connectivity index (χ4v) is 6.44. The van der Waals surface area contributed by atoms with Crippen LogP contribution in [0.15, 0.2) is 53.3 Å². The number of aromatic nitrogens is 4. The number of aliphatic hydroxyl groups excluding tert-OH is 1. The number of aryl methyl sites for hydroxylation is 2. The van der Waals surface area contributed by atoms with Crippen molar-refractivity contribution in [3.05, 3.63) is 69.7 Å². The third-order valence-corrected chi connectivity index (χ3v) is 8.76. The molecule has 0 bridgehead atoms. The first kappa shape index (κ1) is 29.3. The van der Waals surface area contributed by atoms with Gasteiger partial charge in [0, 0.05) is 29.5 Å². The average Bonchev–Trinajstić information content (AvgIpc) is 3.65. The number of carbonyl (C=O) groups is 1. The number of hydrogen-bond acceptors (Lipinski definition) is 8. The molecule has 0 saturated carbocycles. The molecule has 0 spiro atoms. The van der Waals surface area contributed by atoms with Crippen molar-refractivity contribution in [2.24, 2.45) is 0 Å². The van der Waals surface area contributed by atoms with E-state index in [0.717, 1.165) is 58.7 Å². The number of thiophene rings is 1. The number of rotatable bonds is 7. The summed E-state index contributed by atoms with van der Waals surface area (Å²) in [5.41, 5.74) is 1.57. The van der Waals surface area contributed by atoms with Crippen LogP contribution in [0.25, 0.3) is 37.4 Å². The lowest BCUT2D eigenvalue weighted by Crippen LogP contribution is -2.31. The number of nitrogens with zero attached hydrogens (tertiary/aromatic N) is 5. The van der Waals surface area contributed by atoms with Gasteiger partial charge in [0.15, 0.2) is 0 Å². The van der Waals surface area contributed by atoms with E-state index in [0.29, 0.717) is 28.5 Å². The summed E-state index contributed by atoms with van der Waals surface area (Å²) in [5, 5.41) is 10.3. The first-order valence-electron chi connectivity index (χ1n) is 13.5. The van der Waals surface area contributed by atoms with Gasteiger partial charge in [-0.1, -0.05) is 23.7 Å². The van der Waals surface area contributed by atoms with Gasteiger partial charge in [-0.05, 0) is 68.3 Å². The van der Waals surface area contributed by atoms with Crippen LogP contribution < -0.4 is 10.3 Å². The Morgan fingerprint density at radius 1 is 1.12 bits per heavy atom. The number of aliphatic hydroxyl groups is 1. The molecule has 0 amide bonds. The van der Waals surface area contributed by atoms with Crippen molar-refractivity contribution in [2.75, 3.05) is 19.6 Å². The number of β-amino-alcohol motifs (C(OH)–C–C–N with tert-alkyl or cyclic N) is 1. The largest absolute Gasteiger partial charge is 0.491 e. The number of alkyl halides is 3. The summed E-state index contributed by atoms with van der Waals surface area (Å²) in [6, 6.07) is 12.4. The van der Waals surface area contributed by atoms with Crippen molar-refractivity contribution in [1.29, 1.82) is 0 Å². The molecule has 6 rings (SSSR count). The van der Waals surface area contributed by atoms with Gasteiger partial charge in [-0.25, -0.2) is 14.3 Å². The molecule has 0 radical (unpaired) electrons. The molecule has 43 heavy (non-hydrogen) atoms. The molecule has 9 nitrogen and oxygen atoms in total. The first-order chi connectivity index (χ1) is 20.5. The second-order valence-corrected chi connectivity index (χ2v) is 11.8. The molecule has 2 aromatic carbocycles. The highest BCUT2D eigenvalue weighted by Crippen LogP contribution is 2.34. The molecule has 1 atom stereocenters. The van der Waals surface area contributed by atoms with E-state index in [1.807, 2.05) is 11.5 Å². The number of benzene rings is 2. The smallest absolute Gasteiger partial charge is 0.392 e. The van der Waals surface area contributed by atoms with Gasteiger partial charge in [-0.2, -0.15) is 18.2 Å². The Morgan fingerprint density at radius 3 is 2.58 bits per heavy atom. The van der Waals surface area contributed by atoms with Crippen LogP contribution >= 0.6 is 22.9 Å². The van der Waals surface area contributed by atoms with E-state index in [9.17, 15) is 27.9 Å². The Bertz CT molecular complexity index is 1900. The second-order valence-electron chi connectivity index (χ2n) is 10.3. The number of hydrogen-bond donors (Lipinski definition) is 1. The Morgan fingerprint density at radius 2 is 1.88 bits per heavy atom. The SMILES string of the molecule is Cc1nc2cc(-n3c(OC(=O)C(F)(F)F)nc4cc(-c5ccc(Cl)cc5)sc4c3=O)ccc2n1CCCN1CC[C@H](O)C1. The van der Waals surface area contributed by atoms with Gasteiger partial charge in [0.25, 0.3) is 5.56 Å². The number of imidazole rings is 1. The van der Waals surface area contributed by atoms with Crippen LogP contribution in [-0.4, -0.2) is 67.0 Å². The van der Waals surface area contributed by atoms with Gasteiger partial charge in [-0.3, -0.25) is 4.79 Å². The van der Waals surface area contributed by atoms with Gasteiger partial charge in [0.05, 0.1) is 28.3 Å². The number of carbonyl (C=O) groups excluding carboxylic acids is 1. The lowest BCUT2D eigenvalue weighted by Gasteiger charge is -2.15. The topological polar surface area (TPSA) is 102 Å². The monoisotopic (exact) mass is 631 g/mol. The maximum absolute atomic E-state index is 13.8. The normalized spacial score (nSPS) is 16.0. The molecule has 1 fully saturated rings. The zero-order valence-electron chi connectivity index (χ0n) is 22.8. The van der Waals surface area contributed by atoms with Crippen molar-refractivity contribution < 1.29 is 27.8 Å². The van der Waals surface area contributed by atoms with Gasteiger partial charge >= 0.3 is 18.2 Å². The van der Waals surface area contributed by atoms with Crippen LogP contribution in [0.3, 0.4) is 0 Å². The number of ether oxygens (including phenoxy) is 1. The number of halogens is 4. The lowest BCUT2D eigenvalue weighted by atomic mass is 10.2. The summed E-state index contributed by atoms with van der Waals surface area (Å²) in [7, 11) is 0. The van der Waals surface area contributed by atoms with Crippen molar-refractivity contribution in [3.8, 4) is 22.1 Å². The van der Waals surface area contributed by atoms with Crippen LogP contribution in [0.4, 0.5) is 13.2 Å². The highest BCUT2D eigenvalue weighted by molar-refractivity contribution is 7.22. The van der Waals surface area contributed by atoms with Gasteiger partial charge < -0.3 is 19.3 Å². The summed E-state index contributed by atoms with van der Waals surface area (Å²) in [6.45, 7) is 4.85. The van der Waals surface area contributed by atoms with Crippen LogP contribution in [0.2, 0.25) is 5.02 Å². The lowest BCUT2D eigenvalue weighted by molar-refractivity contribution is -0.190. The third kappa shape index (κ3) is 5.90. The molecular weight excluding hydrogens is 607 g/mol. The predicted molar refractivity (Wildman–Crippen MR) is 157 cm³/mol. The van der Waals surface area contributed by atoms with Crippen molar-refractivity contribution in [2.45, 2.75) is 38.6 Å². The number of esters is 1. The molecule has 0 aliphatic carbocycles. The fourth-order valence-electron chi connectivity index (χ4n) is 5.28.